The third kappa shape index (κ3) is 3.33. The van der Waals surface area contributed by atoms with Crippen molar-refractivity contribution < 1.29 is 14.6 Å². The third-order valence-electron chi connectivity index (χ3n) is 7.13. The fourth-order valence-electron chi connectivity index (χ4n) is 5.85. The van der Waals surface area contributed by atoms with Crippen LogP contribution in [0.4, 0.5) is 0 Å². The van der Waals surface area contributed by atoms with Crippen LogP contribution in [-0.4, -0.2) is 32.5 Å². The first kappa shape index (κ1) is 18.7. The van der Waals surface area contributed by atoms with Crippen molar-refractivity contribution in [1.82, 2.24) is 0 Å². The second kappa shape index (κ2) is 7.67. The summed E-state index contributed by atoms with van der Waals surface area (Å²) in [5, 5.41) is 10.6. The van der Waals surface area contributed by atoms with Crippen molar-refractivity contribution in [2.75, 3.05) is 21.3 Å². The van der Waals surface area contributed by atoms with Gasteiger partial charge in [-0.2, -0.15) is 0 Å². The molecule has 3 nitrogen and oxygen atoms in total. The molecule has 2 fully saturated rings. The van der Waals surface area contributed by atoms with Gasteiger partial charge in [-0.1, -0.05) is 19.4 Å². The van der Waals surface area contributed by atoms with Gasteiger partial charge < -0.3 is 14.6 Å². The number of hydrogen-bond donors (Lipinski definition) is 1. The first-order valence-electron chi connectivity index (χ1n) is 9.80. The molecule has 2 saturated carbocycles. The SMILES string of the molecule is COC.COc1ccc2c(c1)CCC1C2CCC2(C)C(O)CCCC12. The second-order valence-electron chi connectivity index (χ2n) is 8.38. The highest BCUT2D eigenvalue weighted by molar-refractivity contribution is 5.40. The summed E-state index contributed by atoms with van der Waals surface area (Å²) in [5.41, 5.74) is 3.24. The number of aryl methyl sites for hydroxylation is 1. The molecule has 0 aliphatic heterocycles. The van der Waals surface area contributed by atoms with Crippen LogP contribution >= 0.6 is 0 Å². The summed E-state index contributed by atoms with van der Waals surface area (Å²) in [5.74, 6) is 3.18. The topological polar surface area (TPSA) is 38.7 Å². The number of ether oxygens (including phenoxy) is 2. The molecule has 0 spiro atoms. The Balaban J connectivity index is 0.000000569. The van der Waals surface area contributed by atoms with Crippen molar-refractivity contribution in [3.05, 3.63) is 29.3 Å². The molecular weight excluding hydrogens is 312 g/mol. The molecule has 140 valence electrons. The highest BCUT2D eigenvalue weighted by Gasteiger charge is 2.52. The lowest BCUT2D eigenvalue weighted by Gasteiger charge is -2.56. The Kier molecular flexibility index (Phi) is 5.75. The van der Waals surface area contributed by atoms with E-state index in [9.17, 15) is 5.11 Å². The molecule has 1 aromatic rings. The van der Waals surface area contributed by atoms with E-state index in [2.05, 4.69) is 29.9 Å². The van der Waals surface area contributed by atoms with Crippen LogP contribution in [-0.2, 0) is 11.2 Å². The molecule has 0 bridgehead atoms. The molecule has 1 N–H and O–H groups in total. The molecule has 0 heterocycles. The van der Waals surface area contributed by atoms with Gasteiger partial charge in [0.15, 0.2) is 0 Å². The van der Waals surface area contributed by atoms with Crippen LogP contribution in [0, 0.1) is 17.3 Å². The number of rotatable bonds is 1. The van der Waals surface area contributed by atoms with Crippen LogP contribution in [0.3, 0.4) is 0 Å². The summed E-state index contributed by atoms with van der Waals surface area (Å²) in [7, 11) is 5.00. The average molecular weight is 347 g/mol. The Morgan fingerprint density at radius 2 is 1.84 bits per heavy atom. The van der Waals surface area contributed by atoms with Gasteiger partial charge in [0, 0.05) is 14.2 Å². The molecule has 0 amide bonds. The van der Waals surface area contributed by atoms with Gasteiger partial charge in [-0.3, -0.25) is 0 Å². The number of benzene rings is 1. The predicted molar refractivity (Wildman–Crippen MR) is 101 cm³/mol. The molecular formula is C22H34O3. The monoisotopic (exact) mass is 346 g/mol. The number of aliphatic hydroxyl groups excluding tert-OH is 1. The van der Waals surface area contributed by atoms with E-state index in [0.717, 1.165) is 18.1 Å². The maximum atomic E-state index is 10.6. The Labute approximate surface area is 152 Å². The Bertz CT molecular complexity index is 585. The highest BCUT2D eigenvalue weighted by Crippen LogP contribution is 2.59. The van der Waals surface area contributed by atoms with Gasteiger partial charge in [-0.25, -0.2) is 0 Å². The van der Waals surface area contributed by atoms with Gasteiger partial charge in [0.05, 0.1) is 13.2 Å². The molecule has 5 atom stereocenters. The maximum absolute atomic E-state index is 10.6. The summed E-state index contributed by atoms with van der Waals surface area (Å²) < 4.78 is 9.65. The van der Waals surface area contributed by atoms with Crippen molar-refractivity contribution in [1.29, 1.82) is 0 Å². The lowest BCUT2D eigenvalue weighted by Crippen LogP contribution is -2.51. The van der Waals surface area contributed by atoms with Gasteiger partial charge in [0.25, 0.3) is 0 Å². The first-order valence-corrected chi connectivity index (χ1v) is 9.80. The number of aliphatic hydroxyl groups is 1. The zero-order valence-electron chi connectivity index (χ0n) is 16.3. The quantitative estimate of drug-likeness (QED) is 0.810. The van der Waals surface area contributed by atoms with Crippen LogP contribution in [0.2, 0.25) is 0 Å². The number of hydrogen-bond acceptors (Lipinski definition) is 3. The van der Waals surface area contributed by atoms with Crippen molar-refractivity contribution in [2.45, 2.75) is 63.9 Å². The second-order valence-corrected chi connectivity index (χ2v) is 8.38. The van der Waals surface area contributed by atoms with E-state index in [4.69, 9.17) is 4.74 Å². The van der Waals surface area contributed by atoms with E-state index in [1.54, 1.807) is 26.9 Å². The van der Waals surface area contributed by atoms with Crippen LogP contribution in [0.25, 0.3) is 0 Å². The van der Waals surface area contributed by atoms with E-state index >= 15 is 0 Å². The van der Waals surface area contributed by atoms with Crippen LogP contribution in [0.15, 0.2) is 18.2 Å². The van der Waals surface area contributed by atoms with Crippen LogP contribution in [0.5, 0.6) is 5.75 Å². The highest BCUT2D eigenvalue weighted by atomic mass is 16.5. The molecule has 3 heteroatoms. The Morgan fingerprint density at radius 3 is 2.56 bits per heavy atom. The fraction of sp³-hybridized carbons (Fsp3) is 0.727. The smallest absolute Gasteiger partial charge is 0.119 e. The van der Waals surface area contributed by atoms with E-state index in [1.165, 1.54) is 44.1 Å². The summed E-state index contributed by atoms with van der Waals surface area (Å²) in [4.78, 5) is 0. The van der Waals surface area contributed by atoms with E-state index in [0.29, 0.717) is 11.8 Å². The predicted octanol–water partition coefficient (Wildman–Crippen LogP) is 4.56. The van der Waals surface area contributed by atoms with Crippen LogP contribution in [0.1, 0.15) is 62.5 Å². The van der Waals surface area contributed by atoms with Gasteiger partial charge in [-0.15, -0.1) is 0 Å². The largest absolute Gasteiger partial charge is 0.497 e. The summed E-state index contributed by atoms with van der Waals surface area (Å²) in [6.45, 7) is 2.36. The minimum atomic E-state index is -0.0792. The standard InChI is InChI=1S/C20H28O2.C2H6O/c1-20-11-10-16-15-9-7-14(22-2)12-13(15)6-8-17(16)18(20)4-3-5-19(20)21;1-3-2/h7,9,12,16-19,21H,3-6,8,10-11H2,1-2H3;1-2H3. The minimum Gasteiger partial charge on any atom is -0.497 e. The maximum Gasteiger partial charge on any atom is 0.119 e. The minimum absolute atomic E-state index is 0.0792. The average Bonchev–Trinajstić information content (AvgIpc) is 2.62. The summed E-state index contributed by atoms with van der Waals surface area (Å²) in [6, 6.07) is 6.69. The van der Waals surface area contributed by atoms with Crippen molar-refractivity contribution in [2.24, 2.45) is 17.3 Å². The van der Waals surface area contributed by atoms with Gasteiger partial charge >= 0.3 is 0 Å². The van der Waals surface area contributed by atoms with Gasteiger partial charge in [-0.05, 0) is 85.0 Å². The Morgan fingerprint density at radius 1 is 1.08 bits per heavy atom. The molecule has 5 unspecified atom stereocenters. The summed E-state index contributed by atoms with van der Waals surface area (Å²) in [6.07, 6.45) is 8.36. The molecule has 3 aliphatic rings. The van der Waals surface area contributed by atoms with E-state index < -0.39 is 0 Å². The summed E-state index contributed by atoms with van der Waals surface area (Å²) >= 11 is 0. The van der Waals surface area contributed by atoms with E-state index in [-0.39, 0.29) is 11.5 Å². The zero-order valence-corrected chi connectivity index (χ0v) is 16.3. The van der Waals surface area contributed by atoms with Gasteiger partial charge in [0.1, 0.15) is 5.75 Å². The Hall–Kier alpha value is -1.06. The third-order valence-corrected chi connectivity index (χ3v) is 7.13. The number of fused-ring (bicyclic) bond motifs is 5. The zero-order chi connectivity index (χ0) is 18.0. The van der Waals surface area contributed by atoms with Crippen LogP contribution < -0.4 is 4.74 Å². The molecule has 1 aromatic carbocycles. The van der Waals surface area contributed by atoms with Crippen molar-refractivity contribution >= 4 is 0 Å². The normalized spacial score (nSPS) is 36.2. The van der Waals surface area contributed by atoms with Crippen molar-refractivity contribution in [3.63, 3.8) is 0 Å². The van der Waals surface area contributed by atoms with Crippen molar-refractivity contribution in [3.8, 4) is 5.75 Å². The van der Waals surface area contributed by atoms with E-state index in [1.807, 2.05) is 0 Å². The molecule has 4 rings (SSSR count). The molecule has 0 saturated heterocycles. The lowest BCUT2D eigenvalue weighted by molar-refractivity contribution is -0.0976. The van der Waals surface area contributed by atoms with Gasteiger partial charge in [0.2, 0.25) is 0 Å². The molecule has 0 radical (unpaired) electrons. The molecule has 25 heavy (non-hydrogen) atoms. The lowest BCUT2D eigenvalue weighted by atomic mass is 9.50. The molecule has 3 aliphatic carbocycles. The molecule has 0 aromatic heterocycles. The first-order chi connectivity index (χ1) is 12.0. The number of methoxy groups -OCH3 is 2. The fourth-order valence-corrected chi connectivity index (χ4v) is 5.85.